The van der Waals surface area contributed by atoms with Gasteiger partial charge >= 0.3 is 0 Å². The molecule has 5 heteroatoms. The van der Waals surface area contributed by atoms with Crippen molar-refractivity contribution in [1.82, 2.24) is 5.32 Å². The first kappa shape index (κ1) is 19.6. The average Bonchev–Trinajstić information content (AvgIpc) is 2.34. The number of hydrogen-bond donors (Lipinski definition) is 1. The van der Waals surface area contributed by atoms with E-state index in [2.05, 4.69) is 15.3 Å². The normalized spacial score (nSPS) is 12.6. The van der Waals surface area contributed by atoms with Crippen LogP contribution in [0.4, 0.5) is 0 Å². The molecule has 0 unspecified atom stereocenters. The van der Waals surface area contributed by atoms with E-state index < -0.39 is 0 Å². The van der Waals surface area contributed by atoms with E-state index in [-0.39, 0.29) is 11.6 Å². The quantitative estimate of drug-likeness (QED) is 0.443. The topological polar surface area (TPSA) is 70.9 Å². The summed E-state index contributed by atoms with van der Waals surface area (Å²) in [6, 6.07) is 0. The molecule has 0 aliphatic carbocycles. The zero-order valence-electron chi connectivity index (χ0n) is 13.9. The fourth-order valence-corrected chi connectivity index (χ4v) is 1.91. The second-order valence-corrected chi connectivity index (χ2v) is 5.45. The molecular formula is C16H29N3O2. The van der Waals surface area contributed by atoms with Crippen molar-refractivity contribution in [2.75, 3.05) is 26.2 Å². The van der Waals surface area contributed by atoms with Crippen molar-refractivity contribution in [1.29, 1.82) is 0 Å². The Labute approximate surface area is 128 Å². The molecule has 0 aliphatic rings. The van der Waals surface area contributed by atoms with E-state index in [0.29, 0.717) is 12.8 Å². The minimum atomic E-state index is 0.162. The van der Waals surface area contributed by atoms with Crippen LogP contribution in [0.2, 0.25) is 0 Å². The summed E-state index contributed by atoms with van der Waals surface area (Å²) in [6.45, 7) is 10.3. The minimum Gasteiger partial charge on any atom is -0.317 e. The molecule has 0 saturated carbocycles. The molecule has 5 nitrogen and oxygen atoms in total. The molecule has 0 spiro atoms. The van der Waals surface area contributed by atoms with Crippen LogP contribution < -0.4 is 5.32 Å². The fraction of sp³-hybridized carbons (Fsp3) is 0.750. The monoisotopic (exact) mass is 295 g/mol. The summed E-state index contributed by atoms with van der Waals surface area (Å²) in [5.74, 6) is 0.324. The smallest absolute Gasteiger partial charge is 0.135 e. The van der Waals surface area contributed by atoms with Gasteiger partial charge in [-0.15, -0.1) is 0 Å². The molecule has 1 N–H and O–H groups in total. The zero-order chi connectivity index (χ0) is 16.1. The van der Waals surface area contributed by atoms with Gasteiger partial charge in [-0.3, -0.25) is 19.6 Å². The number of aliphatic imine (C=N–C) groups is 2. The Morgan fingerprint density at radius 3 is 1.48 bits per heavy atom. The Bertz CT molecular complexity index is 351. The maximum Gasteiger partial charge on any atom is 0.135 e. The SMILES string of the molecule is CC(=O)CC(C)=NCCCNCCCN=C(C)CC(C)=O. The van der Waals surface area contributed by atoms with Crippen LogP contribution in [0.15, 0.2) is 9.98 Å². The third-order valence-corrected chi connectivity index (χ3v) is 2.80. The van der Waals surface area contributed by atoms with Gasteiger partial charge in [0.25, 0.3) is 0 Å². The summed E-state index contributed by atoms with van der Waals surface area (Å²) in [4.78, 5) is 30.5. The Morgan fingerprint density at radius 2 is 1.14 bits per heavy atom. The molecule has 0 bridgehead atoms. The molecule has 0 aromatic carbocycles. The van der Waals surface area contributed by atoms with Crippen LogP contribution in [0.1, 0.15) is 53.4 Å². The molecule has 120 valence electrons. The Morgan fingerprint density at radius 1 is 0.762 bits per heavy atom. The van der Waals surface area contributed by atoms with Gasteiger partial charge < -0.3 is 5.32 Å². The maximum absolute atomic E-state index is 10.9. The van der Waals surface area contributed by atoms with E-state index in [4.69, 9.17) is 0 Å². The first-order valence-electron chi connectivity index (χ1n) is 7.61. The van der Waals surface area contributed by atoms with Gasteiger partial charge in [-0.2, -0.15) is 0 Å². The Hall–Kier alpha value is -1.36. The first-order chi connectivity index (χ1) is 9.91. The lowest BCUT2D eigenvalue weighted by atomic mass is 10.2. The molecule has 0 amide bonds. The number of nitrogens with zero attached hydrogens (tertiary/aromatic N) is 2. The number of Topliss-reactive ketones (excluding diaryl/α,β-unsaturated/α-hetero) is 2. The average molecular weight is 295 g/mol. The Balaban J connectivity index is 3.49. The van der Waals surface area contributed by atoms with E-state index in [1.165, 1.54) is 0 Å². The molecule has 0 aromatic rings. The van der Waals surface area contributed by atoms with E-state index in [9.17, 15) is 9.59 Å². The third-order valence-electron chi connectivity index (χ3n) is 2.80. The zero-order valence-corrected chi connectivity index (χ0v) is 13.9. The molecular weight excluding hydrogens is 266 g/mol. The highest BCUT2D eigenvalue weighted by Gasteiger charge is 1.97. The molecule has 0 saturated heterocycles. The lowest BCUT2D eigenvalue weighted by Gasteiger charge is -2.03. The van der Waals surface area contributed by atoms with E-state index in [1.54, 1.807) is 13.8 Å². The van der Waals surface area contributed by atoms with Gasteiger partial charge in [0.15, 0.2) is 0 Å². The van der Waals surface area contributed by atoms with Crippen molar-refractivity contribution in [3.8, 4) is 0 Å². The summed E-state index contributed by atoms with van der Waals surface area (Å²) in [5, 5.41) is 3.34. The van der Waals surface area contributed by atoms with E-state index in [0.717, 1.165) is 50.4 Å². The van der Waals surface area contributed by atoms with Crippen LogP contribution in [0.3, 0.4) is 0 Å². The predicted octanol–water partition coefficient (Wildman–Crippen LogP) is 2.24. The molecule has 21 heavy (non-hydrogen) atoms. The third kappa shape index (κ3) is 14.9. The van der Waals surface area contributed by atoms with Gasteiger partial charge in [-0.1, -0.05) is 0 Å². The number of ketones is 2. The highest BCUT2D eigenvalue weighted by molar-refractivity contribution is 6.00. The second kappa shape index (κ2) is 12.4. The lowest BCUT2D eigenvalue weighted by molar-refractivity contribution is -0.116. The first-order valence-corrected chi connectivity index (χ1v) is 7.61. The van der Waals surface area contributed by atoms with Crippen molar-refractivity contribution in [3.63, 3.8) is 0 Å². The molecule has 0 radical (unpaired) electrons. The van der Waals surface area contributed by atoms with Gasteiger partial charge in [0, 0.05) is 37.4 Å². The highest BCUT2D eigenvalue weighted by atomic mass is 16.1. The van der Waals surface area contributed by atoms with Crippen molar-refractivity contribution in [2.45, 2.75) is 53.4 Å². The fourth-order valence-electron chi connectivity index (χ4n) is 1.91. The van der Waals surface area contributed by atoms with Crippen LogP contribution in [0.5, 0.6) is 0 Å². The number of nitrogens with one attached hydrogen (secondary N) is 1. The summed E-state index contributed by atoms with van der Waals surface area (Å²) >= 11 is 0. The predicted molar refractivity (Wildman–Crippen MR) is 88.7 cm³/mol. The molecule has 0 fully saturated rings. The largest absolute Gasteiger partial charge is 0.317 e. The van der Waals surface area contributed by atoms with Gasteiger partial charge in [0.1, 0.15) is 11.6 Å². The van der Waals surface area contributed by atoms with Crippen LogP contribution in [-0.2, 0) is 9.59 Å². The second-order valence-electron chi connectivity index (χ2n) is 5.45. The number of rotatable bonds is 12. The standard InChI is InChI=1S/C16H29N3O2/c1-13(11-15(3)20)18-9-5-7-17-8-6-10-19-14(2)12-16(4)21/h17H,5-12H2,1-4H3. The van der Waals surface area contributed by atoms with Gasteiger partial charge in [0.05, 0.1) is 0 Å². The van der Waals surface area contributed by atoms with Gasteiger partial charge in [-0.25, -0.2) is 0 Å². The van der Waals surface area contributed by atoms with Gasteiger partial charge in [0.2, 0.25) is 0 Å². The van der Waals surface area contributed by atoms with E-state index >= 15 is 0 Å². The number of carbonyl (C=O) groups excluding carboxylic acids is 2. The Kier molecular flexibility index (Phi) is 11.6. The number of hydrogen-bond acceptors (Lipinski definition) is 5. The van der Waals surface area contributed by atoms with Crippen LogP contribution in [0, 0.1) is 0 Å². The molecule has 0 rings (SSSR count). The number of carbonyl (C=O) groups is 2. The summed E-state index contributed by atoms with van der Waals surface area (Å²) in [6.07, 6.45) is 2.87. The van der Waals surface area contributed by atoms with Crippen LogP contribution in [0.25, 0.3) is 0 Å². The maximum atomic E-state index is 10.9. The summed E-state index contributed by atoms with van der Waals surface area (Å²) < 4.78 is 0. The van der Waals surface area contributed by atoms with Crippen molar-refractivity contribution in [2.24, 2.45) is 9.98 Å². The van der Waals surface area contributed by atoms with Crippen LogP contribution >= 0.6 is 0 Å². The van der Waals surface area contributed by atoms with Gasteiger partial charge in [-0.05, 0) is 53.6 Å². The molecule has 0 aliphatic heterocycles. The van der Waals surface area contributed by atoms with Crippen LogP contribution in [-0.4, -0.2) is 49.2 Å². The minimum absolute atomic E-state index is 0.162. The van der Waals surface area contributed by atoms with Crippen molar-refractivity contribution in [3.05, 3.63) is 0 Å². The molecule has 0 aromatic heterocycles. The lowest BCUT2D eigenvalue weighted by Crippen LogP contribution is -2.18. The highest BCUT2D eigenvalue weighted by Crippen LogP contribution is 1.91. The molecule has 0 heterocycles. The van der Waals surface area contributed by atoms with Crippen molar-refractivity contribution < 1.29 is 9.59 Å². The summed E-state index contributed by atoms with van der Waals surface area (Å²) in [7, 11) is 0. The van der Waals surface area contributed by atoms with E-state index in [1.807, 2.05) is 13.8 Å². The molecule has 0 atom stereocenters. The van der Waals surface area contributed by atoms with Crippen molar-refractivity contribution >= 4 is 23.0 Å². The summed E-state index contributed by atoms with van der Waals surface area (Å²) in [5.41, 5.74) is 1.83.